The number of rotatable bonds is 4. The van der Waals surface area contributed by atoms with E-state index in [0.29, 0.717) is 17.9 Å². The van der Waals surface area contributed by atoms with Gasteiger partial charge in [0, 0.05) is 32.0 Å². The lowest BCUT2D eigenvalue weighted by molar-refractivity contribution is -0.124. The Balaban J connectivity index is 2.40. The predicted octanol–water partition coefficient (Wildman–Crippen LogP) is 4.19. The minimum Gasteiger partial charge on any atom is -0.380 e. The first-order valence-corrected chi connectivity index (χ1v) is 9.42. The minimum absolute atomic E-state index is 0.333. The van der Waals surface area contributed by atoms with Crippen LogP contribution >= 0.6 is 11.3 Å². The zero-order valence-electron chi connectivity index (χ0n) is 16.1. The van der Waals surface area contributed by atoms with E-state index < -0.39 is 0 Å². The molecule has 0 aliphatic rings. The summed E-state index contributed by atoms with van der Waals surface area (Å²) in [5, 5.41) is 9.80. The molecule has 0 saturated heterocycles. The summed E-state index contributed by atoms with van der Waals surface area (Å²) in [6, 6.07) is 11.1. The number of carbonyl (C=O) groups excluding carboxylic acids is 2. The van der Waals surface area contributed by atoms with E-state index in [4.69, 9.17) is 10.00 Å². The van der Waals surface area contributed by atoms with Crippen molar-refractivity contribution >= 4 is 39.1 Å². The normalized spacial score (nSPS) is 10.7. The molecule has 3 rings (SSSR count). The Kier molecular flexibility index (Phi) is 5.54. The maximum absolute atomic E-state index is 12.4. The first kappa shape index (κ1) is 19.7. The lowest BCUT2D eigenvalue weighted by Gasteiger charge is -2.20. The van der Waals surface area contributed by atoms with Crippen LogP contribution in [0.3, 0.4) is 0 Å². The highest BCUT2D eigenvalue weighted by molar-refractivity contribution is 7.22. The highest BCUT2D eigenvalue weighted by Gasteiger charge is 2.27. The van der Waals surface area contributed by atoms with Crippen LogP contribution in [0, 0.1) is 18.3 Å². The van der Waals surface area contributed by atoms with Crippen LogP contribution < -0.4 is 4.90 Å². The maximum atomic E-state index is 12.4. The molecule has 0 bridgehead atoms. The van der Waals surface area contributed by atoms with E-state index in [1.165, 1.54) is 30.1 Å². The molecule has 0 radical (unpaired) electrons. The predicted molar refractivity (Wildman–Crippen MR) is 109 cm³/mol. The molecule has 0 spiro atoms. The molecular weight excluding hydrogens is 374 g/mol. The molecule has 0 fully saturated rings. The van der Waals surface area contributed by atoms with Crippen molar-refractivity contribution in [1.82, 2.24) is 4.98 Å². The lowest BCUT2D eigenvalue weighted by atomic mass is 10.1. The van der Waals surface area contributed by atoms with E-state index in [1.54, 1.807) is 19.2 Å². The summed E-state index contributed by atoms with van der Waals surface area (Å²) in [6.45, 7) is 4.96. The number of pyridine rings is 1. The number of nitriles is 1. The third-order valence-electron chi connectivity index (χ3n) is 4.28. The summed E-state index contributed by atoms with van der Waals surface area (Å²) in [6.07, 6.45) is 0. The van der Waals surface area contributed by atoms with Gasteiger partial charge >= 0.3 is 0 Å². The SMILES string of the molecule is COCc1cc(C)nc2sc(-c3ccc(C#N)cc3)c(N(C(C)=O)C(C)=O)c12. The molecule has 0 saturated carbocycles. The second kappa shape index (κ2) is 7.89. The number of benzene rings is 1. The van der Waals surface area contributed by atoms with Gasteiger partial charge in [0.25, 0.3) is 0 Å². The van der Waals surface area contributed by atoms with E-state index in [2.05, 4.69) is 11.1 Å². The first-order chi connectivity index (χ1) is 13.4. The second-order valence-electron chi connectivity index (χ2n) is 6.38. The third-order valence-corrected chi connectivity index (χ3v) is 5.40. The molecule has 2 amide bonds. The molecule has 28 heavy (non-hydrogen) atoms. The number of anilines is 1. The third kappa shape index (κ3) is 3.52. The summed E-state index contributed by atoms with van der Waals surface area (Å²) in [7, 11) is 1.60. The van der Waals surface area contributed by atoms with Gasteiger partial charge in [0.15, 0.2) is 0 Å². The number of thiophene rings is 1. The van der Waals surface area contributed by atoms with Gasteiger partial charge in [-0.25, -0.2) is 9.88 Å². The van der Waals surface area contributed by atoms with E-state index in [-0.39, 0.29) is 11.8 Å². The Hall–Kier alpha value is -3.08. The molecule has 2 heterocycles. The van der Waals surface area contributed by atoms with Gasteiger partial charge in [-0.3, -0.25) is 9.59 Å². The van der Waals surface area contributed by atoms with Crippen LogP contribution in [0.1, 0.15) is 30.7 Å². The molecule has 7 heteroatoms. The molecule has 0 N–H and O–H groups in total. The number of nitrogens with zero attached hydrogens (tertiary/aromatic N) is 3. The summed E-state index contributed by atoms with van der Waals surface area (Å²) < 4.78 is 5.34. The van der Waals surface area contributed by atoms with Crippen molar-refractivity contribution < 1.29 is 14.3 Å². The van der Waals surface area contributed by atoms with E-state index in [1.807, 2.05) is 25.1 Å². The number of hydrogen-bond donors (Lipinski definition) is 0. The number of hydrogen-bond acceptors (Lipinski definition) is 6. The largest absolute Gasteiger partial charge is 0.380 e. The number of carbonyl (C=O) groups is 2. The molecule has 1 aromatic carbocycles. The van der Waals surface area contributed by atoms with E-state index >= 15 is 0 Å². The molecular formula is C21H19N3O3S. The fraction of sp³-hybridized carbons (Fsp3) is 0.238. The Morgan fingerprint density at radius 1 is 1.21 bits per heavy atom. The summed E-state index contributed by atoms with van der Waals surface area (Å²) in [5.74, 6) is -0.739. The quantitative estimate of drug-likeness (QED) is 0.664. The van der Waals surface area contributed by atoms with Crippen LogP contribution in [0.5, 0.6) is 0 Å². The van der Waals surface area contributed by atoms with Crippen LogP contribution in [0.25, 0.3) is 20.7 Å². The Bertz CT molecular complexity index is 1100. The van der Waals surface area contributed by atoms with Crippen molar-refractivity contribution in [2.45, 2.75) is 27.4 Å². The molecule has 3 aromatic rings. The number of fused-ring (bicyclic) bond motifs is 1. The number of methoxy groups -OCH3 is 1. The Morgan fingerprint density at radius 3 is 2.39 bits per heavy atom. The van der Waals surface area contributed by atoms with Crippen LogP contribution in [-0.2, 0) is 20.9 Å². The molecule has 142 valence electrons. The number of aryl methyl sites for hydroxylation is 1. The second-order valence-corrected chi connectivity index (χ2v) is 7.38. The molecule has 0 aliphatic carbocycles. The standard InChI is InChI=1S/C21H19N3O3S/c1-12-9-17(11-27-4)18-19(24(13(2)25)14(3)26)20(28-21(18)23-12)16-7-5-15(10-22)6-8-16/h5-9H,11H2,1-4H3. The highest BCUT2D eigenvalue weighted by Crippen LogP contribution is 2.46. The van der Waals surface area contributed by atoms with E-state index in [0.717, 1.165) is 31.9 Å². The molecule has 0 unspecified atom stereocenters. The minimum atomic E-state index is -0.369. The number of imide groups is 1. The number of aromatic nitrogens is 1. The molecule has 6 nitrogen and oxygen atoms in total. The summed E-state index contributed by atoms with van der Waals surface area (Å²) in [5.41, 5.74) is 3.56. The Labute approximate surface area is 167 Å². The monoisotopic (exact) mass is 393 g/mol. The van der Waals surface area contributed by atoms with Crippen molar-refractivity contribution in [2.75, 3.05) is 12.0 Å². The molecule has 0 atom stereocenters. The zero-order valence-corrected chi connectivity index (χ0v) is 16.9. The van der Waals surface area contributed by atoms with Crippen LogP contribution in [0.15, 0.2) is 30.3 Å². The van der Waals surface area contributed by atoms with Gasteiger partial charge in [-0.15, -0.1) is 11.3 Å². The lowest BCUT2D eigenvalue weighted by Crippen LogP contribution is -2.33. The maximum Gasteiger partial charge on any atom is 0.230 e. The summed E-state index contributed by atoms with van der Waals surface area (Å²) >= 11 is 1.41. The van der Waals surface area contributed by atoms with Crippen molar-refractivity contribution in [3.63, 3.8) is 0 Å². The van der Waals surface area contributed by atoms with Gasteiger partial charge in [0.1, 0.15) is 4.83 Å². The number of amides is 2. The van der Waals surface area contributed by atoms with Crippen molar-refractivity contribution in [2.24, 2.45) is 0 Å². The van der Waals surface area contributed by atoms with Crippen molar-refractivity contribution in [3.05, 3.63) is 47.2 Å². The van der Waals surface area contributed by atoms with Crippen LogP contribution in [-0.4, -0.2) is 23.9 Å². The first-order valence-electron chi connectivity index (χ1n) is 8.61. The average Bonchev–Trinajstić information content (AvgIpc) is 3.00. The van der Waals surface area contributed by atoms with Crippen molar-refractivity contribution in [1.29, 1.82) is 5.26 Å². The molecule has 0 aliphatic heterocycles. The fourth-order valence-electron chi connectivity index (χ4n) is 3.21. The van der Waals surface area contributed by atoms with Gasteiger partial charge in [0.2, 0.25) is 11.8 Å². The van der Waals surface area contributed by atoms with Crippen LogP contribution in [0.2, 0.25) is 0 Å². The smallest absolute Gasteiger partial charge is 0.230 e. The highest BCUT2D eigenvalue weighted by atomic mass is 32.1. The van der Waals surface area contributed by atoms with E-state index in [9.17, 15) is 9.59 Å². The topological polar surface area (TPSA) is 83.3 Å². The van der Waals surface area contributed by atoms with Gasteiger partial charge in [0.05, 0.1) is 28.8 Å². The van der Waals surface area contributed by atoms with Gasteiger partial charge < -0.3 is 4.74 Å². The van der Waals surface area contributed by atoms with Crippen LogP contribution in [0.4, 0.5) is 5.69 Å². The zero-order chi connectivity index (χ0) is 20.4. The fourth-order valence-corrected chi connectivity index (χ4v) is 4.46. The van der Waals surface area contributed by atoms with Gasteiger partial charge in [-0.05, 0) is 36.2 Å². The summed E-state index contributed by atoms with van der Waals surface area (Å²) in [4.78, 5) is 32.0. The van der Waals surface area contributed by atoms with Crippen molar-refractivity contribution in [3.8, 4) is 16.5 Å². The van der Waals surface area contributed by atoms with Gasteiger partial charge in [-0.1, -0.05) is 12.1 Å². The Morgan fingerprint density at radius 2 is 1.86 bits per heavy atom. The number of ether oxygens (including phenoxy) is 1. The average molecular weight is 393 g/mol. The molecule has 2 aromatic heterocycles. The van der Waals surface area contributed by atoms with Gasteiger partial charge in [-0.2, -0.15) is 5.26 Å².